The molecule has 0 spiro atoms. The maximum Gasteiger partial charge on any atom is 0.186 e. The van der Waals surface area contributed by atoms with Crippen molar-refractivity contribution in [2.45, 2.75) is 6.92 Å². The number of piperazine rings is 1. The highest BCUT2D eigenvalue weighted by Crippen LogP contribution is 2.25. The molecule has 0 aromatic carbocycles. The van der Waals surface area contributed by atoms with Crippen LogP contribution in [0, 0.1) is 12.7 Å². The van der Waals surface area contributed by atoms with E-state index in [9.17, 15) is 4.39 Å². The van der Waals surface area contributed by atoms with Gasteiger partial charge >= 0.3 is 0 Å². The number of imidazole rings is 1. The summed E-state index contributed by atoms with van der Waals surface area (Å²) in [7, 11) is 1.93. The molecule has 24 heavy (non-hydrogen) atoms. The van der Waals surface area contributed by atoms with Crippen molar-refractivity contribution in [3.63, 3.8) is 0 Å². The Labute approximate surface area is 138 Å². The van der Waals surface area contributed by atoms with E-state index in [1.807, 2.05) is 16.5 Å². The van der Waals surface area contributed by atoms with Crippen molar-refractivity contribution in [1.82, 2.24) is 29.5 Å². The van der Waals surface area contributed by atoms with Crippen molar-refractivity contribution in [1.29, 1.82) is 0 Å². The molecule has 0 unspecified atom stereocenters. The summed E-state index contributed by atoms with van der Waals surface area (Å²) in [6, 6.07) is 0. The zero-order valence-electron chi connectivity index (χ0n) is 13.5. The van der Waals surface area contributed by atoms with Gasteiger partial charge in [-0.2, -0.15) is 0 Å². The van der Waals surface area contributed by atoms with Crippen molar-refractivity contribution < 1.29 is 4.39 Å². The molecule has 1 aliphatic rings. The number of halogens is 1. The number of fused-ring (bicyclic) bond motifs is 1. The van der Waals surface area contributed by atoms with E-state index in [1.165, 1.54) is 12.7 Å². The number of aryl methyl sites for hydroxylation is 2. The fourth-order valence-corrected chi connectivity index (χ4v) is 3.00. The number of rotatable bonds is 2. The Hall–Kier alpha value is -2.84. The van der Waals surface area contributed by atoms with Gasteiger partial charge in [0.15, 0.2) is 23.1 Å². The number of aromatic nitrogens is 6. The SMILES string of the molecule is Cc1ncnc(N2CCN(c3ncnc4ncn(C)c34)CC2)c1F. The molecule has 4 heterocycles. The molecule has 4 rings (SSSR count). The standard InChI is InChI=1S/C15H17FN8/c1-10-11(16)14(19-7-17-10)23-3-5-24(6-4-23)15-12-13(18-8-20-15)21-9-22(12)2/h7-9H,3-6H2,1-2H3. The summed E-state index contributed by atoms with van der Waals surface area (Å²) in [5.41, 5.74) is 1.97. The second-order valence-corrected chi connectivity index (χ2v) is 5.80. The topological polar surface area (TPSA) is 75.9 Å². The molecule has 3 aromatic heterocycles. The molecule has 3 aromatic rings. The highest BCUT2D eigenvalue weighted by atomic mass is 19.1. The average Bonchev–Trinajstić information content (AvgIpc) is 2.99. The van der Waals surface area contributed by atoms with Crippen LogP contribution in [0.15, 0.2) is 19.0 Å². The van der Waals surface area contributed by atoms with Gasteiger partial charge in [0.2, 0.25) is 0 Å². The fraction of sp³-hybridized carbons (Fsp3) is 0.400. The Kier molecular flexibility index (Phi) is 3.47. The van der Waals surface area contributed by atoms with E-state index in [0.717, 1.165) is 24.4 Å². The second-order valence-electron chi connectivity index (χ2n) is 5.80. The van der Waals surface area contributed by atoms with Gasteiger partial charge in [-0.05, 0) is 6.92 Å². The summed E-state index contributed by atoms with van der Waals surface area (Å²) in [6.45, 7) is 4.42. The lowest BCUT2D eigenvalue weighted by atomic mass is 10.2. The van der Waals surface area contributed by atoms with Crippen molar-refractivity contribution in [3.05, 3.63) is 30.5 Å². The predicted octanol–water partition coefficient (Wildman–Crippen LogP) is 0.927. The van der Waals surface area contributed by atoms with Gasteiger partial charge in [-0.3, -0.25) is 0 Å². The van der Waals surface area contributed by atoms with Gasteiger partial charge in [0.25, 0.3) is 0 Å². The van der Waals surface area contributed by atoms with Crippen LogP contribution in [0.2, 0.25) is 0 Å². The summed E-state index contributed by atoms with van der Waals surface area (Å²) >= 11 is 0. The van der Waals surface area contributed by atoms with Gasteiger partial charge in [-0.1, -0.05) is 0 Å². The fourth-order valence-electron chi connectivity index (χ4n) is 3.00. The highest BCUT2D eigenvalue weighted by molar-refractivity contribution is 5.83. The van der Waals surface area contributed by atoms with Crippen LogP contribution in [0.4, 0.5) is 16.0 Å². The van der Waals surface area contributed by atoms with Crippen LogP contribution in [0.25, 0.3) is 11.2 Å². The lowest BCUT2D eigenvalue weighted by Gasteiger charge is -2.36. The lowest BCUT2D eigenvalue weighted by Crippen LogP contribution is -2.47. The summed E-state index contributed by atoms with van der Waals surface area (Å²) in [6.07, 6.45) is 4.67. The van der Waals surface area contributed by atoms with Gasteiger partial charge in [-0.15, -0.1) is 0 Å². The van der Waals surface area contributed by atoms with Crippen LogP contribution < -0.4 is 9.80 Å². The van der Waals surface area contributed by atoms with E-state index in [1.54, 1.807) is 13.3 Å². The molecular formula is C15H17FN8. The van der Waals surface area contributed by atoms with Crippen LogP contribution >= 0.6 is 0 Å². The predicted molar refractivity (Wildman–Crippen MR) is 87.5 cm³/mol. The second kappa shape index (κ2) is 5.66. The number of nitrogens with zero attached hydrogens (tertiary/aromatic N) is 8. The van der Waals surface area contributed by atoms with Crippen LogP contribution in [-0.4, -0.2) is 55.7 Å². The first-order valence-corrected chi connectivity index (χ1v) is 7.74. The molecule has 0 N–H and O–H groups in total. The van der Waals surface area contributed by atoms with E-state index in [0.29, 0.717) is 30.2 Å². The first kappa shape index (κ1) is 14.7. The summed E-state index contributed by atoms with van der Waals surface area (Å²) in [5, 5.41) is 0. The molecular weight excluding hydrogens is 311 g/mol. The maximum absolute atomic E-state index is 14.2. The Morgan fingerprint density at radius 1 is 0.875 bits per heavy atom. The van der Waals surface area contributed by atoms with Crippen LogP contribution in [0.3, 0.4) is 0 Å². The molecule has 9 heteroatoms. The average molecular weight is 328 g/mol. The minimum Gasteiger partial charge on any atom is -0.351 e. The van der Waals surface area contributed by atoms with Crippen molar-refractivity contribution >= 4 is 22.8 Å². The van der Waals surface area contributed by atoms with Crippen LogP contribution in [0.1, 0.15) is 5.69 Å². The smallest absolute Gasteiger partial charge is 0.186 e. The van der Waals surface area contributed by atoms with Crippen LogP contribution in [-0.2, 0) is 7.05 Å². The molecule has 124 valence electrons. The third-order valence-corrected chi connectivity index (χ3v) is 4.31. The Bertz CT molecular complexity index is 884. The van der Waals surface area contributed by atoms with E-state index < -0.39 is 0 Å². The van der Waals surface area contributed by atoms with E-state index >= 15 is 0 Å². The quantitative estimate of drug-likeness (QED) is 0.692. The first-order valence-electron chi connectivity index (χ1n) is 7.74. The summed E-state index contributed by atoms with van der Waals surface area (Å²) < 4.78 is 16.1. The molecule has 0 aliphatic carbocycles. The van der Waals surface area contributed by atoms with Crippen molar-refractivity contribution in [2.24, 2.45) is 7.05 Å². The summed E-state index contributed by atoms with van der Waals surface area (Å²) in [4.78, 5) is 25.0. The Morgan fingerprint density at radius 2 is 1.50 bits per heavy atom. The molecule has 0 amide bonds. The molecule has 1 saturated heterocycles. The molecule has 0 saturated carbocycles. The zero-order chi connectivity index (χ0) is 16.7. The Morgan fingerprint density at radius 3 is 2.25 bits per heavy atom. The van der Waals surface area contributed by atoms with Gasteiger partial charge < -0.3 is 14.4 Å². The van der Waals surface area contributed by atoms with Gasteiger partial charge in [-0.25, -0.2) is 29.3 Å². The van der Waals surface area contributed by atoms with Crippen molar-refractivity contribution in [3.8, 4) is 0 Å². The summed E-state index contributed by atoms with van der Waals surface area (Å²) in [5.74, 6) is 0.886. The molecule has 1 aliphatic heterocycles. The Balaban J connectivity index is 1.58. The highest BCUT2D eigenvalue weighted by Gasteiger charge is 2.24. The number of hydrogen-bond acceptors (Lipinski definition) is 7. The van der Waals surface area contributed by atoms with Crippen molar-refractivity contribution in [2.75, 3.05) is 36.0 Å². The van der Waals surface area contributed by atoms with Crippen LogP contribution in [0.5, 0.6) is 0 Å². The van der Waals surface area contributed by atoms with E-state index in [4.69, 9.17) is 0 Å². The minimum atomic E-state index is -0.345. The maximum atomic E-state index is 14.2. The molecule has 0 radical (unpaired) electrons. The molecule has 0 bridgehead atoms. The van der Waals surface area contributed by atoms with E-state index in [-0.39, 0.29) is 5.82 Å². The first-order chi connectivity index (χ1) is 11.6. The largest absolute Gasteiger partial charge is 0.351 e. The molecule has 0 atom stereocenters. The zero-order valence-corrected chi connectivity index (χ0v) is 13.5. The third kappa shape index (κ3) is 2.32. The minimum absolute atomic E-state index is 0.345. The van der Waals surface area contributed by atoms with E-state index in [2.05, 4.69) is 29.8 Å². The normalized spacial score (nSPS) is 15.3. The lowest BCUT2D eigenvalue weighted by molar-refractivity contribution is 0.573. The van der Waals surface area contributed by atoms with Gasteiger partial charge in [0.05, 0.1) is 12.0 Å². The third-order valence-electron chi connectivity index (χ3n) is 4.31. The monoisotopic (exact) mass is 328 g/mol. The molecule has 8 nitrogen and oxygen atoms in total. The van der Waals surface area contributed by atoms with Gasteiger partial charge in [0.1, 0.15) is 18.2 Å². The number of hydrogen-bond donors (Lipinski definition) is 0. The number of anilines is 2. The molecule has 1 fully saturated rings. The van der Waals surface area contributed by atoms with Gasteiger partial charge in [0, 0.05) is 33.2 Å².